The second-order valence-electron chi connectivity index (χ2n) is 9.70. The Hall–Kier alpha value is -4.98. The van der Waals surface area contributed by atoms with Crippen molar-refractivity contribution in [1.29, 1.82) is 0 Å². The smallest absolute Gasteiger partial charge is 0.326 e. The van der Waals surface area contributed by atoms with E-state index in [2.05, 4.69) is 16.0 Å². The highest BCUT2D eigenvalue weighted by atomic mass is 16.4. The minimum atomic E-state index is -1.48. The van der Waals surface area contributed by atoms with E-state index in [-0.39, 0.29) is 44.3 Å². The fourth-order valence-corrected chi connectivity index (χ4v) is 3.96. The van der Waals surface area contributed by atoms with Crippen molar-refractivity contribution in [1.82, 2.24) is 16.0 Å². The molecule has 0 saturated heterocycles. The average Bonchev–Trinajstić information content (AvgIpc) is 2.93. The van der Waals surface area contributed by atoms with Gasteiger partial charge in [0.2, 0.25) is 29.5 Å². The predicted octanol–water partition coefficient (Wildman–Crippen LogP) is -1.43. The Morgan fingerprint density at radius 3 is 1.67 bits per heavy atom. The first-order valence-corrected chi connectivity index (χ1v) is 13.1. The fraction of sp³-hybridized carbons (Fsp3) is 0.357. The van der Waals surface area contributed by atoms with E-state index in [0.29, 0.717) is 5.56 Å². The quantitative estimate of drug-likeness (QED) is 0.108. The van der Waals surface area contributed by atoms with Crippen LogP contribution in [0.25, 0.3) is 0 Å². The van der Waals surface area contributed by atoms with Gasteiger partial charge in [0, 0.05) is 19.3 Å². The van der Waals surface area contributed by atoms with Crippen molar-refractivity contribution in [2.75, 3.05) is 0 Å². The molecule has 0 aromatic heterocycles. The van der Waals surface area contributed by atoms with Crippen LogP contribution in [0.1, 0.15) is 36.8 Å². The second kappa shape index (κ2) is 16.3. The molecule has 0 spiro atoms. The number of rotatable bonds is 17. The van der Waals surface area contributed by atoms with Crippen LogP contribution in [0.5, 0.6) is 5.75 Å². The highest BCUT2D eigenvalue weighted by molar-refractivity contribution is 5.94. The lowest BCUT2D eigenvalue weighted by Gasteiger charge is -2.25. The van der Waals surface area contributed by atoms with Gasteiger partial charge in [0.1, 0.15) is 23.9 Å². The predicted molar refractivity (Wildman–Crippen MR) is 150 cm³/mol. The number of aliphatic carboxylic acids is 1. The number of benzene rings is 2. The van der Waals surface area contributed by atoms with Crippen LogP contribution in [-0.4, -0.2) is 69.9 Å². The molecule has 0 aliphatic carbocycles. The van der Waals surface area contributed by atoms with Crippen molar-refractivity contribution in [3.05, 3.63) is 65.7 Å². The van der Waals surface area contributed by atoms with Crippen LogP contribution in [0.2, 0.25) is 0 Å². The molecule has 11 N–H and O–H groups in total. The minimum absolute atomic E-state index is 0.0396. The minimum Gasteiger partial charge on any atom is -0.508 e. The number of amides is 5. The largest absolute Gasteiger partial charge is 0.508 e. The van der Waals surface area contributed by atoms with E-state index >= 15 is 0 Å². The first-order valence-electron chi connectivity index (χ1n) is 13.1. The fourth-order valence-electron chi connectivity index (χ4n) is 3.96. The van der Waals surface area contributed by atoms with E-state index < -0.39 is 59.7 Å². The van der Waals surface area contributed by atoms with Crippen molar-refractivity contribution in [3.8, 4) is 5.75 Å². The molecule has 0 aliphatic heterocycles. The molecule has 5 amide bonds. The van der Waals surface area contributed by atoms with Gasteiger partial charge in [-0.25, -0.2) is 4.79 Å². The standard InChI is InChI=1S/C28H36N6O8/c29-19(14-16-4-2-1-3-5-16)25(38)32-20(10-12-23(30)36)26(39)34-22(15-17-6-8-18(35)9-7-17)27(40)33-21(28(41)42)11-13-24(31)37/h1-9,19-22,35H,10-15,29H2,(H2,30,36)(H2,31,37)(H,32,38)(H,33,40)(H,34,39)(H,41,42). The summed E-state index contributed by atoms with van der Waals surface area (Å²) in [7, 11) is 0. The molecular weight excluding hydrogens is 548 g/mol. The topological polar surface area (TPSA) is 257 Å². The third-order valence-corrected chi connectivity index (χ3v) is 6.25. The maximum Gasteiger partial charge on any atom is 0.326 e. The van der Waals surface area contributed by atoms with Gasteiger partial charge >= 0.3 is 5.97 Å². The summed E-state index contributed by atoms with van der Waals surface area (Å²) in [5.74, 6) is -5.37. The summed E-state index contributed by atoms with van der Waals surface area (Å²) in [5, 5.41) is 26.4. The molecule has 14 heteroatoms. The Morgan fingerprint density at radius 2 is 1.12 bits per heavy atom. The van der Waals surface area contributed by atoms with Gasteiger partial charge in [0.25, 0.3) is 0 Å². The van der Waals surface area contributed by atoms with Crippen LogP contribution in [0.4, 0.5) is 0 Å². The van der Waals surface area contributed by atoms with Gasteiger partial charge in [-0.05, 0) is 42.5 Å². The number of primary amides is 2. The van der Waals surface area contributed by atoms with Gasteiger partial charge in [-0.3, -0.25) is 24.0 Å². The summed E-state index contributed by atoms with van der Waals surface area (Å²) in [6.45, 7) is 0. The lowest BCUT2D eigenvalue weighted by atomic mass is 10.0. The van der Waals surface area contributed by atoms with E-state index in [1.807, 2.05) is 0 Å². The molecule has 0 aliphatic rings. The second-order valence-corrected chi connectivity index (χ2v) is 9.70. The summed E-state index contributed by atoms with van der Waals surface area (Å²) in [6.07, 6.45) is -1.03. The zero-order chi connectivity index (χ0) is 31.2. The number of phenols is 1. The zero-order valence-corrected chi connectivity index (χ0v) is 22.8. The highest BCUT2D eigenvalue weighted by Crippen LogP contribution is 2.13. The van der Waals surface area contributed by atoms with Crippen LogP contribution < -0.4 is 33.2 Å². The zero-order valence-electron chi connectivity index (χ0n) is 22.8. The van der Waals surface area contributed by atoms with Gasteiger partial charge < -0.3 is 43.4 Å². The van der Waals surface area contributed by atoms with Crippen molar-refractivity contribution in [2.24, 2.45) is 17.2 Å². The molecule has 4 atom stereocenters. The summed E-state index contributed by atoms with van der Waals surface area (Å²) in [5.41, 5.74) is 17.7. The van der Waals surface area contributed by atoms with Gasteiger partial charge in [-0.2, -0.15) is 0 Å². The average molecular weight is 585 g/mol. The van der Waals surface area contributed by atoms with Gasteiger partial charge in [-0.1, -0.05) is 42.5 Å². The van der Waals surface area contributed by atoms with Crippen LogP contribution in [-0.2, 0) is 41.6 Å². The molecule has 0 bridgehead atoms. The number of carboxylic acid groups (broad SMARTS) is 1. The van der Waals surface area contributed by atoms with Crippen LogP contribution >= 0.6 is 0 Å². The van der Waals surface area contributed by atoms with Crippen molar-refractivity contribution in [2.45, 2.75) is 62.7 Å². The number of carbonyl (C=O) groups excluding carboxylic acids is 5. The van der Waals surface area contributed by atoms with Gasteiger partial charge in [0.05, 0.1) is 6.04 Å². The molecule has 2 rings (SSSR count). The molecule has 0 radical (unpaired) electrons. The Bertz CT molecular complexity index is 1250. The summed E-state index contributed by atoms with van der Waals surface area (Å²) >= 11 is 0. The highest BCUT2D eigenvalue weighted by Gasteiger charge is 2.31. The maximum atomic E-state index is 13.3. The maximum absolute atomic E-state index is 13.3. The van der Waals surface area contributed by atoms with Crippen molar-refractivity contribution >= 4 is 35.5 Å². The summed E-state index contributed by atoms with van der Waals surface area (Å²) < 4.78 is 0. The third-order valence-electron chi connectivity index (χ3n) is 6.25. The van der Waals surface area contributed by atoms with E-state index in [1.165, 1.54) is 24.3 Å². The molecule has 2 aromatic carbocycles. The van der Waals surface area contributed by atoms with E-state index in [4.69, 9.17) is 17.2 Å². The number of nitrogens with two attached hydrogens (primary N) is 3. The molecular formula is C28H36N6O8. The molecule has 42 heavy (non-hydrogen) atoms. The van der Waals surface area contributed by atoms with Crippen molar-refractivity contribution in [3.63, 3.8) is 0 Å². The Kier molecular flexibility index (Phi) is 12.9. The summed E-state index contributed by atoms with van der Waals surface area (Å²) in [6, 6.07) is 9.48. The van der Waals surface area contributed by atoms with E-state index in [9.17, 15) is 39.0 Å². The lowest BCUT2D eigenvalue weighted by molar-refractivity contribution is -0.142. The first-order chi connectivity index (χ1) is 19.8. The van der Waals surface area contributed by atoms with E-state index in [1.54, 1.807) is 30.3 Å². The number of phenolic OH excluding ortho intramolecular Hbond substituents is 1. The van der Waals surface area contributed by atoms with Gasteiger partial charge in [-0.15, -0.1) is 0 Å². The lowest BCUT2D eigenvalue weighted by Crippen LogP contribution is -2.58. The molecule has 0 saturated carbocycles. The number of hydrogen-bond acceptors (Lipinski definition) is 8. The Balaban J connectivity index is 2.24. The number of nitrogens with one attached hydrogen (secondary N) is 3. The first kappa shape index (κ1) is 33.2. The Morgan fingerprint density at radius 1 is 0.643 bits per heavy atom. The Labute approximate surface area is 242 Å². The van der Waals surface area contributed by atoms with Crippen LogP contribution in [0, 0.1) is 0 Å². The third kappa shape index (κ3) is 11.6. The van der Waals surface area contributed by atoms with Crippen molar-refractivity contribution < 1.29 is 39.0 Å². The molecule has 0 fully saturated rings. The molecule has 226 valence electrons. The van der Waals surface area contributed by atoms with E-state index in [0.717, 1.165) is 5.56 Å². The van der Waals surface area contributed by atoms with Crippen LogP contribution in [0.15, 0.2) is 54.6 Å². The number of carbonyl (C=O) groups is 6. The molecule has 4 unspecified atom stereocenters. The number of carboxylic acids is 1. The normalized spacial score (nSPS) is 13.5. The molecule has 14 nitrogen and oxygen atoms in total. The number of aromatic hydroxyl groups is 1. The SMILES string of the molecule is NC(=O)CCC(NC(=O)C(Cc1ccc(O)cc1)NC(=O)C(CCC(N)=O)NC(=O)C(N)Cc1ccccc1)C(=O)O. The number of hydrogen-bond donors (Lipinski definition) is 8. The molecule has 2 aromatic rings. The van der Waals surface area contributed by atoms with Gasteiger partial charge in [0.15, 0.2) is 0 Å². The van der Waals surface area contributed by atoms with Crippen LogP contribution in [0.3, 0.4) is 0 Å². The summed E-state index contributed by atoms with van der Waals surface area (Å²) in [4.78, 5) is 73.7. The monoisotopic (exact) mass is 584 g/mol. The molecule has 0 heterocycles.